The van der Waals surface area contributed by atoms with Gasteiger partial charge in [-0.1, -0.05) is 33.1 Å². The van der Waals surface area contributed by atoms with Crippen LogP contribution in [0.2, 0.25) is 0 Å². The number of hydrogen-bond acceptors (Lipinski definition) is 3. The molecule has 18 heavy (non-hydrogen) atoms. The van der Waals surface area contributed by atoms with Gasteiger partial charge in [0.05, 0.1) is 0 Å². The number of nitrogens with two attached hydrogens (primary N) is 1. The van der Waals surface area contributed by atoms with E-state index in [1.807, 2.05) is 0 Å². The van der Waals surface area contributed by atoms with Crippen molar-refractivity contribution in [2.75, 3.05) is 39.3 Å². The predicted molar refractivity (Wildman–Crippen MR) is 77.7 cm³/mol. The Labute approximate surface area is 113 Å². The molecule has 2 rings (SSSR count). The second-order valence-corrected chi connectivity index (χ2v) is 6.89. The topological polar surface area (TPSA) is 32.5 Å². The van der Waals surface area contributed by atoms with Gasteiger partial charge in [-0.3, -0.25) is 4.90 Å². The summed E-state index contributed by atoms with van der Waals surface area (Å²) < 4.78 is 0. The van der Waals surface area contributed by atoms with Crippen LogP contribution in [0.5, 0.6) is 0 Å². The Kier molecular flexibility index (Phi) is 5.05. The van der Waals surface area contributed by atoms with Crippen LogP contribution in [-0.2, 0) is 0 Å². The van der Waals surface area contributed by atoms with E-state index in [2.05, 4.69) is 23.6 Å². The Balaban J connectivity index is 1.72. The zero-order valence-corrected chi connectivity index (χ0v) is 12.3. The summed E-state index contributed by atoms with van der Waals surface area (Å²) in [5, 5.41) is 0. The molecule has 106 valence electrons. The van der Waals surface area contributed by atoms with Crippen molar-refractivity contribution in [2.45, 2.75) is 51.5 Å². The summed E-state index contributed by atoms with van der Waals surface area (Å²) in [5.74, 6) is 0.788. The average Bonchev–Trinajstić information content (AvgIpc) is 2.31. The van der Waals surface area contributed by atoms with Crippen molar-refractivity contribution in [3.63, 3.8) is 0 Å². The van der Waals surface area contributed by atoms with Crippen LogP contribution in [0.25, 0.3) is 0 Å². The summed E-state index contributed by atoms with van der Waals surface area (Å²) in [6.45, 7) is 11.9. The Morgan fingerprint density at radius 1 is 0.944 bits per heavy atom. The van der Waals surface area contributed by atoms with E-state index in [0.29, 0.717) is 0 Å². The minimum atomic E-state index is 0.123. The van der Waals surface area contributed by atoms with Gasteiger partial charge in [-0.05, 0) is 18.8 Å². The van der Waals surface area contributed by atoms with Crippen molar-refractivity contribution in [2.24, 2.45) is 11.7 Å². The van der Waals surface area contributed by atoms with Gasteiger partial charge in [-0.25, -0.2) is 0 Å². The summed E-state index contributed by atoms with van der Waals surface area (Å²) in [7, 11) is 0. The molecule has 2 N–H and O–H groups in total. The van der Waals surface area contributed by atoms with Crippen molar-refractivity contribution < 1.29 is 0 Å². The molecule has 0 spiro atoms. The molecule has 0 amide bonds. The van der Waals surface area contributed by atoms with Gasteiger partial charge in [0.1, 0.15) is 0 Å². The van der Waals surface area contributed by atoms with E-state index in [4.69, 9.17) is 5.73 Å². The monoisotopic (exact) mass is 253 g/mol. The molecule has 0 radical (unpaired) electrons. The quantitative estimate of drug-likeness (QED) is 0.831. The number of hydrogen-bond donors (Lipinski definition) is 1. The zero-order chi connectivity index (χ0) is 13.0. The van der Waals surface area contributed by atoms with Gasteiger partial charge in [-0.2, -0.15) is 0 Å². The van der Waals surface area contributed by atoms with Crippen molar-refractivity contribution in [3.05, 3.63) is 0 Å². The van der Waals surface area contributed by atoms with Crippen molar-refractivity contribution >= 4 is 0 Å². The molecule has 0 aromatic rings. The minimum absolute atomic E-state index is 0.123. The Morgan fingerprint density at radius 2 is 1.50 bits per heavy atom. The maximum Gasteiger partial charge on any atom is 0.0283 e. The van der Waals surface area contributed by atoms with Gasteiger partial charge >= 0.3 is 0 Å². The second kappa shape index (κ2) is 6.36. The summed E-state index contributed by atoms with van der Waals surface area (Å²) in [4.78, 5) is 5.20. The number of rotatable bonds is 4. The Hall–Kier alpha value is -0.120. The van der Waals surface area contributed by atoms with Crippen molar-refractivity contribution in [1.29, 1.82) is 0 Å². The molecule has 3 nitrogen and oxygen atoms in total. The third-order valence-corrected chi connectivity index (χ3v) is 4.48. The summed E-state index contributed by atoms with van der Waals surface area (Å²) >= 11 is 0. The van der Waals surface area contributed by atoms with Crippen molar-refractivity contribution in [3.8, 4) is 0 Å². The molecule has 1 heterocycles. The molecule has 2 fully saturated rings. The predicted octanol–water partition coefficient (Wildman–Crippen LogP) is 1.92. The van der Waals surface area contributed by atoms with E-state index < -0.39 is 0 Å². The highest BCUT2D eigenvalue weighted by Gasteiger charge is 2.30. The average molecular weight is 253 g/mol. The fourth-order valence-electron chi connectivity index (χ4n) is 3.51. The third-order valence-electron chi connectivity index (χ3n) is 4.48. The fraction of sp³-hybridized carbons (Fsp3) is 1.00. The lowest BCUT2D eigenvalue weighted by atomic mass is 9.82. The molecule has 1 saturated heterocycles. The van der Waals surface area contributed by atoms with Gasteiger partial charge in [0.25, 0.3) is 0 Å². The van der Waals surface area contributed by atoms with Gasteiger partial charge in [-0.15, -0.1) is 0 Å². The maximum atomic E-state index is 6.55. The van der Waals surface area contributed by atoms with Crippen LogP contribution in [0.3, 0.4) is 0 Å². The lowest BCUT2D eigenvalue weighted by Crippen LogP contribution is -2.56. The highest BCUT2D eigenvalue weighted by Crippen LogP contribution is 2.27. The first kappa shape index (κ1) is 14.3. The molecule has 1 aliphatic heterocycles. The molecule has 0 aromatic heterocycles. The van der Waals surface area contributed by atoms with E-state index in [-0.39, 0.29) is 5.54 Å². The summed E-state index contributed by atoms with van der Waals surface area (Å²) in [6.07, 6.45) is 6.53. The molecule has 2 aliphatic rings. The molecule has 3 heteroatoms. The van der Waals surface area contributed by atoms with E-state index in [1.165, 1.54) is 64.8 Å². The van der Waals surface area contributed by atoms with Crippen LogP contribution in [0.4, 0.5) is 0 Å². The zero-order valence-electron chi connectivity index (χ0n) is 12.3. The van der Waals surface area contributed by atoms with Gasteiger partial charge in [0, 0.05) is 44.8 Å². The largest absolute Gasteiger partial charge is 0.324 e. The van der Waals surface area contributed by atoms with Crippen LogP contribution in [0.1, 0.15) is 46.0 Å². The van der Waals surface area contributed by atoms with Crippen LogP contribution < -0.4 is 5.73 Å². The fourth-order valence-corrected chi connectivity index (χ4v) is 3.51. The molecular weight excluding hydrogens is 222 g/mol. The highest BCUT2D eigenvalue weighted by atomic mass is 15.3. The van der Waals surface area contributed by atoms with E-state index in [9.17, 15) is 0 Å². The maximum absolute atomic E-state index is 6.55. The molecule has 0 aromatic carbocycles. The molecule has 1 aliphatic carbocycles. The molecular formula is C15H31N3. The molecule has 0 unspecified atom stereocenters. The van der Waals surface area contributed by atoms with Crippen LogP contribution in [-0.4, -0.2) is 54.6 Å². The van der Waals surface area contributed by atoms with Gasteiger partial charge in [0.2, 0.25) is 0 Å². The number of piperazine rings is 1. The highest BCUT2D eigenvalue weighted by molar-refractivity contribution is 4.91. The smallest absolute Gasteiger partial charge is 0.0283 e. The van der Waals surface area contributed by atoms with Gasteiger partial charge in [0.15, 0.2) is 0 Å². The number of nitrogens with zero attached hydrogens (tertiary/aromatic N) is 2. The molecule has 0 bridgehead atoms. The lowest BCUT2D eigenvalue weighted by molar-refractivity contribution is 0.0925. The molecule has 1 saturated carbocycles. The van der Waals surface area contributed by atoms with Crippen LogP contribution in [0, 0.1) is 5.92 Å². The first-order valence-electron chi connectivity index (χ1n) is 7.81. The second-order valence-electron chi connectivity index (χ2n) is 6.89. The minimum Gasteiger partial charge on any atom is -0.324 e. The molecule has 0 atom stereocenters. The van der Waals surface area contributed by atoms with Crippen LogP contribution >= 0.6 is 0 Å². The normalized spacial score (nSPS) is 26.7. The Morgan fingerprint density at radius 3 is 2.06 bits per heavy atom. The first-order chi connectivity index (χ1) is 8.57. The summed E-state index contributed by atoms with van der Waals surface area (Å²) in [6, 6.07) is 0. The van der Waals surface area contributed by atoms with E-state index in [1.54, 1.807) is 0 Å². The Bertz CT molecular complexity index is 238. The first-order valence-corrected chi connectivity index (χ1v) is 7.81. The van der Waals surface area contributed by atoms with Crippen molar-refractivity contribution in [1.82, 2.24) is 9.80 Å². The van der Waals surface area contributed by atoms with E-state index in [0.717, 1.165) is 12.5 Å². The third kappa shape index (κ3) is 4.22. The van der Waals surface area contributed by atoms with Crippen LogP contribution in [0.15, 0.2) is 0 Å². The van der Waals surface area contributed by atoms with Gasteiger partial charge < -0.3 is 10.6 Å². The SMILES string of the molecule is CC(C)CN1CCN(CC2(N)CCCCC2)CC1. The standard InChI is InChI=1S/C15H31N3/c1-14(2)12-17-8-10-18(11-9-17)13-15(16)6-4-3-5-7-15/h14H,3-13,16H2,1-2H3. The van der Waals surface area contributed by atoms with E-state index >= 15 is 0 Å². The lowest BCUT2D eigenvalue weighted by Gasteiger charge is -2.42. The summed E-state index contributed by atoms with van der Waals surface area (Å²) in [5.41, 5.74) is 6.67.